The van der Waals surface area contributed by atoms with Gasteiger partial charge in [-0.15, -0.1) is 11.3 Å². The third-order valence-electron chi connectivity index (χ3n) is 3.39. The summed E-state index contributed by atoms with van der Waals surface area (Å²) in [6.45, 7) is 1.14. The molecule has 1 N–H and O–H groups in total. The predicted octanol–water partition coefficient (Wildman–Crippen LogP) is 3.72. The van der Waals surface area contributed by atoms with E-state index in [1.807, 2.05) is 31.2 Å². The Kier molecular flexibility index (Phi) is 5.11. The number of aliphatic hydroxyl groups excluding tert-OH is 1. The van der Waals surface area contributed by atoms with E-state index in [0.717, 1.165) is 16.0 Å². The number of carbonyl (C=O) groups is 1. The molecule has 0 fully saturated rings. The molecule has 1 unspecified atom stereocenters. The molecule has 0 saturated heterocycles. The number of alkyl halides is 3. The van der Waals surface area contributed by atoms with Crippen LogP contribution in [0, 0.1) is 6.92 Å². The number of hydrogen-bond acceptors (Lipinski definition) is 3. The molecule has 1 aromatic heterocycles. The fourth-order valence-electron chi connectivity index (χ4n) is 2.05. The third-order valence-corrected chi connectivity index (χ3v) is 4.30. The maximum Gasteiger partial charge on any atom is 0.416 e. The molecule has 0 aliphatic rings. The van der Waals surface area contributed by atoms with E-state index in [4.69, 9.17) is 5.11 Å². The van der Waals surface area contributed by atoms with Gasteiger partial charge in [-0.25, -0.2) is 0 Å². The average Bonchev–Trinajstić information content (AvgIpc) is 2.95. The number of carbonyl (C=O) groups excluding carboxylic acids is 1. The number of rotatable bonds is 4. The molecule has 0 aliphatic carbocycles. The quantitative estimate of drug-likeness (QED) is 0.919. The summed E-state index contributed by atoms with van der Waals surface area (Å²) in [5.74, 6) is -0.543. The van der Waals surface area contributed by atoms with Gasteiger partial charge in [0.05, 0.1) is 11.4 Å². The van der Waals surface area contributed by atoms with Gasteiger partial charge in [0.2, 0.25) is 0 Å². The van der Waals surface area contributed by atoms with Gasteiger partial charge < -0.3 is 10.0 Å². The zero-order chi connectivity index (χ0) is 17.2. The molecule has 1 amide bonds. The standard InChI is InChI=1S/C16H16F3NO2S/c1-10-3-5-11(6-4-10)12-7-8-23-14(12)15(22)20(2)9-13(21)16(17,18)19/h3-8,13,21H,9H2,1-2H3. The second kappa shape index (κ2) is 6.72. The van der Waals surface area contributed by atoms with Crippen molar-refractivity contribution in [3.63, 3.8) is 0 Å². The normalized spacial score (nSPS) is 13.0. The van der Waals surface area contributed by atoms with Crippen molar-refractivity contribution in [1.29, 1.82) is 0 Å². The lowest BCUT2D eigenvalue weighted by Crippen LogP contribution is -2.41. The molecule has 7 heteroatoms. The van der Waals surface area contributed by atoms with Crippen LogP contribution in [-0.4, -0.2) is 41.8 Å². The summed E-state index contributed by atoms with van der Waals surface area (Å²) < 4.78 is 37.2. The number of amides is 1. The van der Waals surface area contributed by atoms with Crippen molar-refractivity contribution in [3.05, 3.63) is 46.2 Å². The van der Waals surface area contributed by atoms with Gasteiger partial charge in [0.25, 0.3) is 5.91 Å². The Morgan fingerprint density at radius 2 is 1.87 bits per heavy atom. The molecule has 0 aliphatic heterocycles. The molecule has 1 atom stereocenters. The molecule has 0 saturated carbocycles. The van der Waals surface area contributed by atoms with Crippen LogP contribution in [0.1, 0.15) is 15.2 Å². The monoisotopic (exact) mass is 343 g/mol. The Hall–Kier alpha value is -1.86. The van der Waals surface area contributed by atoms with Crippen LogP contribution in [0.3, 0.4) is 0 Å². The number of halogens is 3. The van der Waals surface area contributed by atoms with Gasteiger partial charge in [0.15, 0.2) is 6.10 Å². The minimum atomic E-state index is -4.75. The second-order valence-electron chi connectivity index (χ2n) is 5.27. The molecule has 0 bridgehead atoms. The molecule has 3 nitrogen and oxygen atoms in total. The smallest absolute Gasteiger partial charge is 0.382 e. The minimum Gasteiger partial charge on any atom is -0.382 e. The van der Waals surface area contributed by atoms with E-state index in [9.17, 15) is 18.0 Å². The summed E-state index contributed by atoms with van der Waals surface area (Å²) in [6.07, 6.45) is -7.30. The first kappa shape index (κ1) is 17.5. The number of nitrogens with zero attached hydrogens (tertiary/aromatic N) is 1. The number of aryl methyl sites for hydroxylation is 1. The van der Waals surface area contributed by atoms with Gasteiger partial charge >= 0.3 is 6.18 Å². The van der Waals surface area contributed by atoms with Crippen molar-refractivity contribution in [3.8, 4) is 11.1 Å². The summed E-state index contributed by atoms with van der Waals surface area (Å²) in [5, 5.41) is 10.8. The lowest BCUT2D eigenvalue weighted by Gasteiger charge is -2.22. The minimum absolute atomic E-state index is 0.353. The first-order chi connectivity index (χ1) is 10.7. The van der Waals surface area contributed by atoms with Gasteiger partial charge in [-0.1, -0.05) is 29.8 Å². The summed E-state index contributed by atoms with van der Waals surface area (Å²) in [7, 11) is 1.25. The lowest BCUT2D eigenvalue weighted by molar-refractivity contribution is -0.205. The van der Waals surface area contributed by atoms with Gasteiger partial charge in [0.1, 0.15) is 0 Å². The maximum atomic E-state index is 12.4. The first-order valence-corrected chi connectivity index (χ1v) is 7.73. The average molecular weight is 343 g/mol. The van der Waals surface area contributed by atoms with Crippen molar-refractivity contribution in [1.82, 2.24) is 4.90 Å². The summed E-state index contributed by atoms with van der Waals surface area (Å²) in [5.41, 5.74) is 2.57. The van der Waals surface area contributed by atoms with E-state index >= 15 is 0 Å². The Morgan fingerprint density at radius 3 is 2.43 bits per heavy atom. The predicted molar refractivity (Wildman–Crippen MR) is 83.5 cm³/mol. The molecule has 2 aromatic rings. The van der Waals surface area contributed by atoms with Crippen molar-refractivity contribution in [2.24, 2.45) is 0 Å². The molecule has 1 heterocycles. The fourth-order valence-corrected chi connectivity index (χ4v) is 2.96. The largest absolute Gasteiger partial charge is 0.416 e. The maximum absolute atomic E-state index is 12.4. The van der Waals surface area contributed by atoms with Crippen LogP contribution in [0.25, 0.3) is 11.1 Å². The van der Waals surface area contributed by atoms with Crippen LogP contribution < -0.4 is 0 Å². The number of aliphatic hydroxyl groups is 1. The van der Waals surface area contributed by atoms with E-state index < -0.39 is 24.7 Å². The number of likely N-dealkylation sites (N-methyl/N-ethyl adjacent to an activating group) is 1. The lowest BCUT2D eigenvalue weighted by atomic mass is 10.0. The Labute approximate surface area is 136 Å². The van der Waals surface area contributed by atoms with Crippen LogP contribution in [0.2, 0.25) is 0 Å². The molecular formula is C16H16F3NO2S. The van der Waals surface area contributed by atoms with Crippen molar-refractivity contribution >= 4 is 17.2 Å². The van der Waals surface area contributed by atoms with Crippen LogP contribution in [0.5, 0.6) is 0 Å². The Bertz CT molecular complexity index is 679. The Balaban J connectivity index is 2.21. The van der Waals surface area contributed by atoms with E-state index in [1.54, 1.807) is 11.4 Å². The second-order valence-corrected chi connectivity index (χ2v) is 6.19. The molecule has 2 rings (SSSR count). The highest BCUT2D eigenvalue weighted by molar-refractivity contribution is 7.12. The number of hydrogen-bond donors (Lipinski definition) is 1. The van der Waals surface area contributed by atoms with Gasteiger partial charge in [0, 0.05) is 12.6 Å². The van der Waals surface area contributed by atoms with Gasteiger partial charge in [-0.05, 0) is 23.9 Å². The fraction of sp³-hybridized carbons (Fsp3) is 0.312. The molecule has 0 radical (unpaired) electrons. The number of thiophene rings is 1. The molecule has 1 aromatic carbocycles. The third kappa shape index (κ3) is 4.11. The van der Waals surface area contributed by atoms with Crippen LogP contribution in [0.4, 0.5) is 13.2 Å². The Morgan fingerprint density at radius 1 is 1.26 bits per heavy atom. The highest BCUT2D eigenvalue weighted by Crippen LogP contribution is 2.30. The van der Waals surface area contributed by atoms with Crippen molar-refractivity contribution < 1.29 is 23.1 Å². The summed E-state index contributed by atoms with van der Waals surface area (Å²) >= 11 is 1.17. The van der Waals surface area contributed by atoms with Gasteiger partial charge in [-0.3, -0.25) is 4.79 Å². The molecule has 23 heavy (non-hydrogen) atoms. The molecule has 124 valence electrons. The highest BCUT2D eigenvalue weighted by atomic mass is 32.1. The number of benzene rings is 1. The van der Waals surface area contributed by atoms with E-state index in [-0.39, 0.29) is 0 Å². The van der Waals surface area contributed by atoms with E-state index in [1.165, 1.54) is 18.4 Å². The zero-order valence-electron chi connectivity index (χ0n) is 12.6. The van der Waals surface area contributed by atoms with Gasteiger partial charge in [-0.2, -0.15) is 13.2 Å². The van der Waals surface area contributed by atoms with Crippen LogP contribution >= 0.6 is 11.3 Å². The van der Waals surface area contributed by atoms with Crippen LogP contribution in [0.15, 0.2) is 35.7 Å². The zero-order valence-corrected chi connectivity index (χ0v) is 13.4. The van der Waals surface area contributed by atoms with Crippen LogP contribution in [-0.2, 0) is 0 Å². The molecular weight excluding hydrogens is 327 g/mol. The molecule has 0 spiro atoms. The first-order valence-electron chi connectivity index (χ1n) is 6.85. The highest BCUT2D eigenvalue weighted by Gasteiger charge is 2.39. The van der Waals surface area contributed by atoms with Crippen molar-refractivity contribution in [2.45, 2.75) is 19.2 Å². The van der Waals surface area contributed by atoms with E-state index in [2.05, 4.69) is 0 Å². The topological polar surface area (TPSA) is 40.5 Å². The summed E-state index contributed by atoms with van der Waals surface area (Å²) in [4.78, 5) is 13.6. The summed E-state index contributed by atoms with van der Waals surface area (Å²) in [6, 6.07) is 9.28. The van der Waals surface area contributed by atoms with Crippen molar-refractivity contribution in [2.75, 3.05) is 13.6 Å². The van der Waals surface area contributed by atoms with E-state index in [0.29, 0.717) is 10.4 Å². The SMILES string of the molecule is Cc1ccc(-c2ccsc2C(=O)N(C)CC(O)C(F)(F)F)cc1.